The molecule has 0 heterocycles. The maximum Gasteiger partial charge on any atom is 0.387 e. The average Bonchev–Trinajstić information content (AvgIpc) is 2.36. The van der Waals surface area contributed by atoms with E-state index < -0.39 is 6.61 Å². The minimum absolute atomic E-state index is 0.0929. The Kier molecular flexibility index (Phi) is 4.54. The Morgan fingerprint density at radius 2 is 2.10 bits per heavy atom. The number of ether oxygens (including phenoxy) is 1. The summed E-state index contributed by atoms with van der Waals surface area (Å²) in [5.41, 5.74) is 5.86. The third kappa shape index (κ3) is 3.45. The van der Waals surface area contributed by atoms with E-state index in [-0.39, 0.29) is 23.3 Å². The standard InChI is InChI=1S/C14H18F2N2O2/c1-18(8-9-6-10(17)7-9)13(19)11-4-2-3-5-12(11)20-14(15)16/h2-5,9-10,14H,6-8,17H2,1H3. The number of hydrogen-bond acceptors (Lipinski definition) is 3. The summed E-state index contributed by atoms with van der Waals surface area (Å²) in [6.07, 6.45) is 1.79. The first-order valence-electron chi connectivity index (χ1n) is 6.52. The van der Waals surface area contributed by atoms with E-state index in [0.29, 0.717) is 12.5 Å². The molecule has 4 nitrogen and oxygen atoms in total. The number of nitrogens with two attached hydrogens (primary N) is 1. The number of alkyl halides is 2. The first-order chi connectivity index (χ1) is 9.47. The molecule has 1 amide bonds. The molecule has 0 bridgehead atoms. The van der Waals surface area contributed by atoms with Gasteiger partial charge in [-0.25, -0.2) is 0 Å². The lowest BCUT2D eigenvalue weighted by atomic mass is 9.80. The zero-order valence-corrected chi connectivity index (χ0v) is 11.3. The van der Waals surface area contributed by atoms with Crippen molar-refractivity contribution in [2.45, 2.75) is 25.5 Å². The predicted molar refractivity (Wildman–Crippen MR) is 70.7 cm³/mol. The Morgan fingerprint density at radius 3 is 2.70 bits per heavy atom. The van der Waals surface area contributed by atoms with E-state index >= 15 is 0 Å². The lowest BCUT2D eigenvalue weighted by Crippen LogP contribution is -2.43. The molecule has 0 radical (unpaired) electrons. The summed E-state index contributed by atoms with van der Waals surface area (Å²) >= 11 is 0. The Morgan fingerprint density at radius 1 is 1.45 bits per heavy atom. The number of para-hydroxylation sites is 1. The number of carbonyl (C=O) groups excluding carboxylic acids is 1. The summed E-state index contributed by atoms with van der Waals surface area (Å²) in [4.78, 5) is 13.8. The van der Waals surface area contributed by atoms with E-state index in [2.05, 4.69) is 4.74 Å². The molecular weight excluding hydrogens is 266 g/mol. The van der Waals surface area contributed by atoms with Crippen molar-refractivity contribution in [2.24, 2.45) is 11.7 Å². The highest BCUT2D eigenvalue weighted by Gasteiger charge is 2.29. The average molecular weight is 284 g/mol. The van der Waals surface area contributed by atoms with Gasteiger partial charge >= 0.3 is 6.61 Å². The van der Waals surface area contributed by atoms with E-state index in [4.69, 9.17) is 5.73 Å². The highest BCUT2D eigenvalue weighted by Crippen LogP contribution is 2.27. The molecule has 20 heavy (non-hydrogen) atoms. The van der Waals surface area contributed by atoms with Crippen molar-refractivity contribution in [3.63, 3.8) is 0 Å². The van der Waals surface area contributed by atoms with E-state index in [9.17, 15) is 13.6 Å². The van der Waals surface area contributed by atoms with Gasteiger partial charge in [-0.2, -0.15) is 8.78 Å². The summed E-state index contributed by atoms with van der Waals surface area (Å²) < 4.78 is 29.0. The van der Waals surface area contributed by atoms with Gasteiger partial charge in [-0.1, -0.05) is 12.1 Å². The van der Waals surface area contributed by atoms with Crippen LogP contribution in [0.4, 0.5) is 8.78 Å². The SMILES string of the molecule is CN(CC1CC(N)C1)C(=O)c1ccccc1OC(F)F. The maximum atomic E-state index is 12.3. The number of hydrogen-bond donors (Lipinski definition) is 1. The van der Waals surface area contributed by atoms with Crippen LogP contribution < -0.4 is 10.5 Å². The van der Waals surface area contributed by atoms with Crippen molar-refractivity contribution in [1.82, 2.24) is 4.90 Å². The van der Waals surface area contributed by atoms with Crippen LogP contribution in [-0.2, 0) is 0 Å². The molecule has 1 aromatic rings. The summed E-state index contributed by atoms with van der Waals surface area (Å²) in [6, 6.07) is 6.26. The number of benzene rings is 1. The van der Waals surface area contributed by atoms with Crippen LogP contribution >= 0.6 is 0 Å². The second-order valence-corrected chi connectivity index (χ2v) is 5.16. The van der Waals surface area contributed by atoms with Crippen molar-refractivity contribution in [3.8, 4) is 5.75 Å². The zero-order chi connectivity index (χ0) is 14.7. The smallest absolute Gasteiger partial charge is 0.387 e. The van der Waals surface area contributed by atoms with Crippen LogP contribution in [0.15, 0.2) is 24.3 Å². The first-order valence-corrected chi connectivity index (χ1v) is 6.52. The van der Waals surface area contributed by atoms with Crippen LogP contribution in [0.25, 0.3) is 0 Å². The van der Waals surface area contributed by atoms with Gasteiger partial charge in [0.05, 0.1) is 5.56 Å². The van der Waals surface area contributed by atoms with Gasteiger partial charge in [0, 0.05) is 19.6 Å². The quantitative estimate of drug-likeness (QED) is 0.901. The van der Waals surface area contributed by atoms with Crippen LogP contribution in [0.5, 0.6) is 5.75 Å². The van der Waals surface area contributed by atoms with Crippen molar-refractivity contribution < 1.29 is 18.3 Å². The number of halogens is 2. The fraction of sp³-hybridized carbons (Fsp3) is 0.500. The van der Waals surface area contributed by atoms with Crippen LogP contribution in [0, 0.1) is 5.92 Å². The van der Waals surface area contributed by atoms with E-state index in [1.165, 1.54) is 17.0 Å². The summed E-state index contributed by atoms with van der Waals surface area (Å²) in [7, 11) is 1.66. The van der Waals surface area contributed by atoms with Crippen molar-refractivity contribution >= 4 is 5.91 Å². The molecule has 2 N–H and O–H groups in total. The van der Waals surface area contributed by atoms with Gasteiger partial charge in [-0.3, -0.25) is 4.79 Å². The fourth-order valence-corrected chi connectivity index (χ4v) is 2.45. The van der Waals surface area contributed by atoms with Gasteiger partial charge in [-0.05, 0) is 30.9 Å². The van der Waals surface area contributed by atoms with E-state index in [1.807, 2.05) is 0 Å². The third-order valence-corrected chi connectivity index (χ3v) is 3.48. The van der Waals surface area contributed by atoms with Crippen LogP contribution in [0.2, 0.25) is 0 Å². The monoisotopic (exact) mass is 284 g/mol. The van der Waals surface area contributed by atoms with Gasteiger partial charge < -0.3 is 15.4 Å². The summed E-state index contributed by atoms with van der Waals surface area (Å²) in [6.45, 7) is -2.37. The van der Waals surface area contributed by atoms with Crippen LogP contribution in [0.1, 0.15) is 23.2 Å². The maximum absolute atomic E-state index is 12.3. The van der Waals surface area contributed by atoms with E-state index in [1.54, 1.807) is 19.2 Å². The molecule has 2 rings (SSSR count). The fourth-order valence-electron chi connectivity index (χ4n) is 2.45. The summed E-state index contributed by atoms with van der Waals surface area (Å²) in [5.74, 6) is -0.0199. The highest BCUT2D eigenvalue weighted by molar-refractivity contribution is 5.96. The minimum atomic E-state index is -2.95. The molecule has 1 aromatic carbocycles. The molecule has 1 fully saturated rings. The molecule has 0 atom stereocenters. The topological polar surface area (TPSA) is 55.6 Å². The zero-order valence-electron chi connectivity index (χ0n) is 11.3. The van der Waals surface area contributed by atoms with Gasteiger partial charge in [0.1, 0.15) is 5.75 Å². The lowest BCUT2D eigenvalue weighted by molar-refractivity contribution is -0.0502. The normalized spacial score (nSPS) is 21.4. The minimum Gasteiger partial charge on any atom is -0.434 e. The van der Waals surface area contributed by atoms with Gasteiger partial charge in [0.15, 0.2) is 0 Å². The third-order valence-electron chi connectivity index (χ3n) is 3.48. The van der Waals surface area contributed by atoms with Gasteiger partial charge in [-0.15, -0.1) is 0 Å². The molecule has 1 aliphatic carbocycles. The number of rotatable bonds is 5. The molecule has 0 spiro atoms. The molecule has 0 aliphatic heterocycles. The van der Waals surface area contributed by atoms with Crippen molar-refractivity contribution in [3.05, 3.63) is 29.8 Å². The van der Waals surface area contributed by atoms with Crippen LogP contribution in [-0.4, -0.2) is 37.1 Å². The Balaban J connectivity index is 2.04. The van der Waals surface area contributed by atoms with Gasteiger partial charge in [0.25, 0.3) is 5.91 Å². The molecule has 0 aromatic heterocycles. The second kappa shape index (κ2) is 6.17. The number of carbonyl (C=O) groups is 1. The molecule has 0 saturated heterocycles. The summed E-state index contributed by atoms with van der Waals surface area (Å²) in [5, 5.41) is 0. The predicted octanol–water partition coefficient (Wildman–Crippen LogP) is 2.10. The van der Waals surface area contributed by atoms with E-state index in [0.717, 1.165) is 12.8 Å². The highest BCUT2D eigenvalue weighted by atomic mass is 19.3. The van der Waals surface area contributed by atoms with Gasteiger partial charge in [0.2, 0.25) is 0 Å². The molecule has 6 heteroatoms. The Labute approximate surface area is 116 Å². The molecule has 1 aliphatic rings. The second-order valence-electron chi connectivity index (χ2n) is 5.16. The van der Waals surface area contributed by atoms with Crippen molar-refractivity contribution in [1.29, 1.82) is 0 Å². The molecule has 1 saturated carbocycles. The van der Waals surface area contributed by atoms with Crippen molar-refractivity contribution in [2.75, 3.05) is 13.6 Å². The van der Waals surface area contributed by atoms with Crippen LogP contribution in [0.3, 0.4) is 0 Å². The molecule has 0 unspecified atom stereocenters. The largest absolute Gasteiger partial charge is 0.434 e. The molecule has 110 valence electrons. The number of nitrogens with zero attached hydrogens (tertiary/aromatic N) is 1. The number of amides is 1. The first kappa shape index (κ1) is 14.7. The molecular formula is C14H18F2N2O2. The lowest BCUT2D eigenvalue weighted by Gasteiger charge is -2.35. The Bertz CT molecular complexity index is 476. The Hall–Kier alpha value is -1.69.